The summed E-state index contributed by atoms with van der Waals surface area (Å²) in [5, 5.41) is 0. The molecule has 0 aromatic heterocycles. The molecule has 0 aliphatic carbocycles. The Morgan fingerprint density at radius 2 is 1.65 bits per heavy atom. The molecular formula is C15H16O3S2. The number of rotatable bonds is 4. The molecule has 0 radical (unpaired) electrons. The highest BCUT2D eigenvalue weighted by Gasteiger charge is 2.16. The molecule has 106 valence electrons. The maximum absolute atomic E-state index is 12.2. The van der Waals surface area contributed by atoms with Crippen LogP contribution in [0.2, 0.25) is 0 Å². The van der Waals surface area contributed by atoms with Gasteiger partial charge in [-0.25, -0.2) is 0 Å². The van der Waals surface area contributed by atoms with Gasteiger partial charge in [-0.3, -0.25) is 0 Å². The van der Waals surface area contributed by atoms with Gasteiger partial charge in [-0.05, 0) is 56.0 Å². The van der Waals surface area contributed by atoms with Crippen molar-refractivity contribution in [3.63, 3.8) is 0 Å². The quantitative estimate of drug-likeness (QED) is 0.636. The molecule has 0 fully saturated rings. The molecule has 0 saturated carbocycles. The highest BCUT2D eigenvalue weighted by atomic mass is 32.2. The van der Waals surface area contributed by atoms with E-state index in [9.17, 15) is 8.42 Å². The van der Waals surface area contributed by atoms with E-state index < -0.39 is 10.1 Å². The maximum atomic E-state index is 12.2. The van der Waals surface area contributed by atoms with Crippen molar-refractivity contribution in [2.45, 2.75) is 23.6 Å². The minimum Gasteiger partial charge on any atom is -0.379 e. The van der Waals surface area contributed by atoms with Crippen LogP contribution in [0, 0.1) is 13.8 Å². The number of hydrogen-bond acceptors (Lipinski definition) is 4. The average Bonchev–Trinajstić information content (AvgIpc) is 2.39. The Morgan fingerprint density at radius 3 is 2.20 bits per heavy atom. The topological polar surface area (TPSA) is 43.4 Å². The average molecular weight is 308 g/mol. The third-order valence-corrected chi connectivity index (χ3v) is 5.04. The second-order valence-electron chi connectivity index (χ2n) is 4.48. The normalized spacial score (nSPS) is 11.3. The summed E-state index contributed by atoms with van der Waals surface area (Å²) in [6, 6.07) is 11.9. The molecule has 0 spiro atoms. The van der Waals surface area contributed by atoms with Gasteiger partial charge in [-0.15, -0.1) is 11.8 Å². The lowest BCUT2D eigenvalue weighted by molar-refractivity contribution is 0.485. The molecule has 0 unspecified atom stereocenters. The lowest BCUT2D eigenvalue weighted by Gasteiger charge is -2.09. The minimum absolute atomic E-state index is 0.162. The second kappa shape index (κ2) is 5.89. The highest BCUT2D eigenvalue weighted by Crippen LogP contribution is 2.26. The molecule has 20 heavy (non-hydrogen) atoms. The van der Waals surface area contributed by atoms with E-state index >= 15 is 0 Å². The summed E-state index contributed by atoms with van der Waals surface area (Å²) in [4.78, 5) is 1.26. The number of hydrogen-bond donors (Lipinski definition) is 0. The van der Waals surface area contributed by atoms with E-state index in [2.05, 4.69) is 0 Å². The zero-order valence-corrected chi connectivity index (χ0v) is 13.2. The SMILES string of the molecule is CSc1ccc(OS(=O)(=O)c2ccc(C)cc2)cc1C. The van der Waals surface area contributed by atoms with E-state index in [0.717, 1.165) is 16.0 Å². The molecule has 3 nitrogen and oxygen atoms in total. The largest absolute Gasteiger partial charge is 0.379 e. The monoisotopic (exact) mass is 308 g/mol. The van der Waals surface area contributed by atoms with Crippen molar-refractivity contribution < 1.29 is 12.6 Å². The molecule has 2 rings (SSSR count). The van der Waals surface area contributed by atoms with Gasteiger partial charge in [0.1, 0.15) is 10.6 Å². The predicted molar refractivity (Wildman–Crippen MR) is 82.0 cm³/mol. The van der Waals surface area contributed by atoms with Crippen LogP contribution in [-0.4, -0.2) is 14.7 Å². The first-order chi connectivity index (χ1) is 9.42. The van der Waals surface area contributed by atoms with Crippen LogP contribution < -0.4 is 4.18 Å². The Kier molecular flexibility index (Phi) is 4.40. The van der Waals surface area contributed by atoms with Crippen LogP contribution in [0.4, 0.5) is 0 Å². The molecule has 0 N–H and O–H groups in total. The zero-order chi connectivity index (χ0) is 14.8. The zero-order valence-electron chi connectivity index (χ0n) is 11.6. The van der Waals surface area contributed by atoms with Gasteiger partial charge in [0.25, 0.3) is 0 Å². The van der Waals surface area contributed by atoms with Gasteiger partial charge >= 0.3 is 10.1 Å². The molecule has 0 aliphatic rings. The summed E-state index contributed by atoms with van der Waals surface area (Å²) in [7, 11) is -3.77. The van der Waals surface area contributed by atoms with Crippen LogP contribution in [0.15, 0.2) is 52.3 Å². The van der Waals surface area contributed by atoms with Crippen LogP contribution in [0.3, 0.4) is 0 Å². The molecule has 0 amide bonds. The summed E-state index contributed by atoms with van der Waals surface area (Å²) < 4.78 is 29.5. The first kappa shape index (κ1) is 14.9. The van der Waals surface area contributed by atoms with Crippen LogP contribution >= 0.6 is 11.8 Å². The summed E-state index contributed by atoms with van der Waals surface area (Å²) in [5.41, 5.74) is 2.00. The van der Waals surface area contributed by atoms with E-state index in [1.807, 2.05) is 26.2 Å². The number of aryl methyl sites for hydroxylation is 2. The Balaban J connectivity index is 2.28. The summed E-state index contributed by atoms with van der Waals surface area (Å²) >= 11 is 1.62. The Hall–Kier alpha value is -1.46. The minimum atomic E-state index is -3.77. The third-order valence-electron chi connectivity index (χ3n) is 2.88. The first-order valence-electron chi connectivity index (χ1n) is 6.08. The van der Waals surface area contributed by atoms with Crippen molar-refractivity contribution in [2.24, 2.45) is 0 Å². The second-order valence-corrected chi connectivity index (χ2v) is 6.88. The summed E-state index contributed by atoms with van der Waals surface area (Å²) in [6.07, 6.45) is 1.98. The van der Waals surface area contributed by atoms with E-state index in [4.69, 9.17) is 4.18 Å². The molecule has 0 aliphatic heterocycles. The summed E-state index contributed by atoms with van der Waals surface area (Å²) in [5.74, 6) is 0.334. The first-order valence-corrected chi connectivity index (χ1v) is 8.71. The molecule has 5 heteroatoms. The van der Waals surface area contributed by atoms with Crippen LogP contribution in [0.25, 0.3) is 0 Å². The molecular weight excluding hydrogens is 292 g/mol. The van der Waals surface area contributed by atoms with Gasteiger partial charge in [-0.1, -0.05) is 17.7 Å². The van der Waals surface area contributed by atoms with E-state index in [-0.39, 0.29) is 4.90 Å². The van der Waals surface area contributed by atoms with E-state index in [1.54, 1.807) is 48.2 Å². The molecule has 0 saturated heterocycles. The van der Waals surface area contributed by atoms with Gasteiger partial charge < -0.3 is 4.18 Å². The van der Waals surface area contributed by atoms with Gasteiger partial charge in [0.15, 0.2) is 0 Å². The van der Waals surface area contributed by atoms with Gasteiger partial charge in [0.05, 0.1) is 0 Å². The van der Waals surface area contributed by atoms with Crippen molar-refractivity contribution in [2.75, 3.05) is 6.26 Å². The van der Waals surface area contributed by atoms with Gasteiger partial charge in [0, 0.05) is 4.90 Å². The molecule has 0 atom stereocenters. The Bertz CT molecular complexity index is 704. The Labute approximate surface area is 124 Å². The fourth-order valence-electron chi connectivity index (χ4n) is 1.78. The van der Waals surface area contributed by atoms with E-state index in [0.29, 0.717) is 5.75 Å². The van der Waals surface area contributed by atoms with Crippen LogP contribution in [0.5, 0.6) is 5.75 Å². The predicted octanol–water partition coefficient (Wildman–Crippen LogP) is 3.79. The lowest BCUT2D eigenvalue weighted by atomic mass is 10.2. The molecule has 2 aromatic rings. The molecule has 0 heterocycles. The van der Waals surface area contributed by atoms with Crippen LogP contribution in [-0.2, 0) is 10.1 Å². The third kappa shape index (κ3) is 3.35. The molecule has 0 bridgehead atoms. The van der Waals surface area contributed by atoms with Gasteiger partial charge in [0.2, 0.25) is 0 Å². The van der Waals surface area contributed by atoms with Crippen molar-refractivity contribution in [3.8, 4) is 5.75 Å². The summed E-state index contributed by atoms with van der Waals surface area (Å²) in [6.45, 7) is 3.83. The van der Waals surface area contributed by atoms with Crippen molar-refractivity contribution in [3.05, 3.63) is 53.6 Å². The van der Waals surface area contributed by atoms with Crippen molar-refractivity contribution >= 4 is 21.9 Å². The number of thioether (sulfide) groups is 1. The maximum Gasteiger partial charge on any atom is 0.339 e. The van der Waals surface area contributed by atoms with Crippen LogP contribution in [0.1, 0.15) is 11.1 Å². The fraction of sp³-hybridized carbons (Fsp3) is 0.200. The highest BCUT2D eigenvalue weighted by molar-refractivity contribution is 7.98. The number of benzene rings is 2. The van der Waals surface area contributed by atoms with Crippen molar-refractivity contribution in [1.29, 1.82) is 0 Å². The molecule has 2 aromatic carbocycles. The van der Waals surface area contributed by atoms with Crippen molar-refractivity contribution in [1.82, 2.24) is 0 Å². The van der Waals surface area contributed by atoms with E-state index in [1.165, 1.54) is 0 Å². The standard InChI is InChI=1S/C15H16O3S2/c1-11-4-7-14(8-5-11)20(16,17)18-13-6-9-15(19-3)12(2)10-13/h4-10H,1-3H3. The smallest absolute Gasteiger partial charge is 0.339 e. The fourth-order valence-corrected chi connectivity index (χ4v) is 3.29. The Morgan fingerprint density at radius 1 is 1.00 bits per heavy atom. The lowest BCUT2D eigenvalue weighted by Crippen LogP contribution is -2.09. The van der Waals surface area contributed by atoms with Gasteiger partial charge in [-0.2, -0.15) is 8.42 Å².